The second kappa shape index (κ2) is 4.49. The molecule has 1 saturated carbocycles. The number of carbonyl (C=O) groups excluding carboxylic acids is 1. The van der Waals surface area contributed by atoms with Crippen molar-refractivity contribution in [2.45, 2.75) is 37.7 Å². The van der Waals surface area contributed by atoms with Crippen LogP contribution in [0, 0.1) is 0 Å². The second-order valence-corrected chi connectivity index (χ2v) is 4.64. The van der Waals surface area contributed by atoms with Crippen molar-refractivity contribution in [2.75, 3.05) is 7.11 Å². The summed E-state index contributed by atoms with van der Waals surface area (Å²) in [4.78, 5) is 11.5. The first kappa shape index (κ1) is 12.1. The third kappa shape index (κ3) is 2.07. The molecule has 1 aliphatic rings. The molecule has 17 heavy (non-hydrogen) atoms. The van der Waals surface area contributed by atoms with E-state index >= 15 is 0 Å². The highest BCUT2D eigenvalue weighted by Gasteiger charge is 2.53. The summed E-state index contributed by atoms with van der Waals surface area (Å²) in [5.74, 6) is -0.538. The number of carbonyl (C=O) groups is 1. The standard InChI is InChI=1S/C14H18O3/c1-3-10-5-4-6-11(9-10)14(7-8-14)12(15)13(16)17-2/h4-6,9,12,15H,3,7-8H2,1-2H3. The van der Waals surface area contributed by atoms with Crippen molar-refractivity contribution in [1.82, 2.24) is 0 Å². The number of ether oxygens (including phenoxy) is 1. The van der Waals surface area contributed by atoms with Crippen LogP contribution in [0.2, 0.25) is 0 Å². The number of hydrogen-bond donors (Lipinski definition) is 1. The SMILES string of the molecule is CCc1cccc(C2(C(O)C(=O)OC)CC2)c1. The van der Waals surface area contributed by atoms with Crippen molar-refractivity contribution in [1.29, 1.82) is 0 Å². The van der Waals surface area contributed by atoms with Crippen molar-refractivity contribution in [2.24, 2.45) is 0 Å². The fourth-order valence-corrected chi connectivity index (χ4v) is 2.29. The molecule has 0 bridgehead atoms. The fourth-order valence-electron chi connectivity index (χ4n) is 2.29. The quantitative estimate of drug-likeness (QED) is 0.808. The Hall–Kier alpha value is -1.35. The van der Waals surface area contributed by atoms with Gasteiger partial charge < -0.3 is 9.84 Å². The number of esters is 1. The van der Waals surface area contributed by atoms with E-state index in [1.165, 1.54) is 12.7 Å². The molecule has 92 valence electrons. The van der Waals surface area contributed by atoms with Gasteiger partial charge in [-0.2, -0.15) is 0 Å². The van der Waals surface area contributed by atoms with Crippen LogP contribution in [0.15, 0.2) is 24.3 Å². The number of hydrogen-bond acceptors (Lipinski definition) is 3. The molecule has 1 atom stereocenters. The average molecular weight is 234 g/mol. The van der Waals surface area contributed by atoms with Crippen LogP contribution in [0.1, 0.15) is 30.9 Å². The molecular weight excluding hydrogens is 216 g/mol. The monoisotopic (exact) mass is 234 g/mol. The van der Waals surface area contributed by atoms with Crippen molar-refractivity contribution in [3.05, 3.63) is 35.4 Å². The van der Waals surface area contributed by atoms with Crippen LogP contribution in [-0.2, 0) is 21.4 Å². The third-order valence-electron chi connectivity index (χ3n) is 3.65. The minimum absolute atomic E-state index is 0.404. The lowest BCUT2D eigenvalue weighted by Gasteiger charge is -2.21. The van der Waals surface area contributed by atoms with Crippen molar-refractivity contribution in [3.63, 3.8) is 0 Å². The van der Waals surface area contributed by atoms with Crippen LogP contribution >= 0.6 is 0 Å². The maximum Gasteiger partial charge on any atom is 0.335 e. The number of rotatable bonds is 4. The minimum atomic E-state index is -1.04. The number of aliphatic hydroxyl groups is 1. The molecule has 1 unspecified atom stereocenters. The topological polar surface area (TPSA) is 46.5 Å². The predicted molar refractivity (Wildman–Crippen MR) is 64.8 cm³/mol. The number of aryl methyl sites for hydroxylation is 1. The predicted octanol–water partition coefficient (Wildman–Crippen LogP) is 1.81. The van der Waals surface area contributed by atoms with Gasteiger partial charge >= 0.3 is 5.97 Å². The Balaban J connectivity index is 2.29. The summed E-state index contributed by atoms with van der Waals surface area (Å²) in [6.07, 6.45) is 1.60. The third-order valence-corrected chi connectivity index (χ3v) is 3.65. The summed E-state index contributed by atoms with van der Waals surface area (Å²) in [6, 6.07) is 8.11. The molecule has 0 spiro atoms. The fraction of sp³-hybridized carbons (Fsp3) is 0.500. The zero-order valence-corrected chi connectivity index (χ0v) is 10.3. The first-order valence-corrected chi connectivity index (χ1v) is 5.99. The number of methoxy groups -OCH3 is 1. The number of aliphatic hydroxyl groups excluding tert-OH is 1. The van der Waals surface area contributed by atoms with E-state index in [4.69, 9.17) is 0 Å². The lowest BCUT2D eigenvalue weighted by molar-refractivity contribution is -0.152. The largest absolute Gasteiger partial charge is 0.467 e. The van der Waals surface area contributed by atoms with Crippen molar-refractivity contribution >= 4 is 5.97 Å². The van der Waals surface area contributed by atoms with Gasteiger partial charge in [0.1, 0.15) is 0 Å². The van der Waals surface area contributed by atoms with E-state index in [0.29, 0.717) is 0 Å². The lowest BCUT2D eigenvalue weighted by Crippen LogP contribution is -2.35. The van der Waals surface area contributed by atoms with E-state index in [2.05, 4.69) is 23.8 Å². The molecule has 0 aliphatic heterocycles. The Morgan fingerprint density at radius 3 is 2.76 bits per heavy atom. The Bertz CT molecular complexity index is 421. The van der Waals surface area contributed by atoms with Gasteiger partial charge in [0.25, 0.3) is 0 Å². The average Bonchev–Trinajstić information content (AvgIpc) is 3.18. The zero-order valence-electron chi connectivity index (χ0n) is 10.3. The van der Waals surface area contributed by atoms with Gasteiger partial charge in [0.2, 0.25) is 0 Å². The summed E-state index contributed by atoms with van der Waals surface area (Å²) in [5, 5.41) is 10.1. The normalized spacial score (nSPS) is 18.5. The van der Waals surface area contributed by atoms with E-state index in [9.17, 15) is 9.90 Å². The van der Waals surface area contributed by atoms with E-state index in [1.807, 2.05) is 12.1 Å². The van der Waals surface area contributed by atoms with Crippen LogP contribution in [0.25, 0.3) is 0 Å². The molecule has 0 radical (unpaired) electrons. The molecule has 0 aromatic heterocycles. The van der Waals surface area contributed by atoms with Crippen LogP contribution in [-0.4, -0.2) is 24.3 Å². The number of benzene rings is 1. The van der Waals surface area contributed by atoms with Gasteiger partial charge in [0, 0.05) is 5.41 Å². The molecule has 1 aromatic rings. The first-order valence-electron chi connectivity index (χ1n) is 5.99. The highest BCUT2D eigenvalue weighted by atomic mass is 16.5. The van der Waals surface area contributed by atoms with Crippen LogP contribution in [0.4, 0.5) is 0 Å². The van der Waals surface area contributed by atoms with Crippen LogP contribution < -0.4 is 0 Å². The molecule has 1 aliphatic carbocycles. The summed E-state index contributed by atoms with van der Waals surface area (Å²) in [5.41, 5.74) is 1.87. The second-order valence-electron chi connectivity index (χ2n) is 4.64. The van der Waals surface area contributed by atoms with Crippen LogP contribution in [0.3, 0.4) is 0 Å². The summed E-state index contributed by atoms with van der Waals surface area (Å²) >= 11 is 0. The van der Waals surface area contributed by atoms with Crippen LogP contribution in [0.5, 0.6) is 0 Å². The molecule has 0 saturated heterocycles. The molecular formula is C14H18O3. The Kier molecular flexibility index (Phi) is 3.20. The Morgan fingerprint density at radius 1 is 1.53 bits per heavy atom. The van der Waals surface area contributed by atoms with E-state index in [0.717, 1.165) is 24.8 Å². The molecule has 1 fully saturated rings. The van der Waals surface area contributed by atoms with Gasteiger partial charge in [-0.25, -0.2) is 4.79 Å². The van der Waals surface area contributed by atoms with Gasteiger partial charge in [-0.05, 0) is 30.4 Å². The minimum Gasteiger partial charge on any atom is -0.467 e. The van der Waals surface area contributed by atoms with E-state index in [-0.39, 0.29) is 0 Å². The molecule has 2 rings (SSSR count). The van der Waals surface area contributed by atoms with Gasteiger partial charge in [-0.15, -0.1) is 0 Å². The summed E-state index contributed by atoms with van der Waals surface area (Å²) < 4.78 is 4.63. The Labute approximate surface area is 101 Å². The molecule has 3 nitrogen and oxygen atoms in total. The molecule has 0 heterocycles. The molecule has 1 N–H and O–H groups in total. The maximum absolute atomic E-state index is 11.5. The molecule has 0 amide bonds. The lowest BCUT2D eigenvalue weighted by atomic mass is 9.88. The Morgan fingerprint density at radius 2 is 2.24 bits per heavy atom. The first-order chi connectivity index (χ1) is 8.14. The van der Waals surface area contributed by atoms with Gasteiger partial charge in [-0.1, -0.05) is 31.2 Å². The van der Waals surface area contributed by atoms with Gasteiger partial charge in [0.15, 0.2) is 6.10 Å². The van der Waals surface area contributed by atoms with Gasteiger partial charge in [0.05, 0.1) is 7.11 Å². The zero-order chi connectivity index (χ0) is 12.5. The van der Waals surface area contributed by atoms with Gasteiger partial charge in [-0.3, -0.25) is 0 Å². The molecule has 3 heteroatoms. The summed E-state index contributed by atoms with van der Waals surface area (Å²) in [7, 11) is 1.31. The molecule has 1 aromatic carbocycles. The highest BCUT2D eigenvalue weighted by Crippen LogP contribution is 2.51. The maximum atomic E-state index is 11.5. The van der Waals surface area contributed by atoms with Crippen molar-refractivity contribution in [3.8, 4) is 0 Å². The van der Waals surface area contributed by atoms with E-state index in [1.54, 1.807) is 0 Å². The van der Waals surface area contributed by atoms with E-state index < -0.39 is 17.5 Å². The van der Waals surface area contributed by atoms with Crippen molar-refractivity contribution < 1.29 is 14.6 Å². The smallest absolute Gasteiger partial charge is 0.335 e. The summed E-state index contributed by atoms with van der Waals surface area (Å²) in [6.45, 7) is 2.09. The highest BCUT2D eigenvalue weighted by molar-refractivity contribution is 5.77.